The van der Waals surface area contributed by atoms with Crippen LogP contribution in [0.2, 0.25) is 0 Å². The summed E-state index contributed by atoms with van der Waals surface area (Å²) in [6.45, 7) is 9.57. The highest BCUT2D eigenvalue weighted by molar-refractivity contribution is 5.69. The van der Waals surface area contributed by atoms with Crippen molar-refractivity contribution in [3.8, 4) is 0 Å². The number of piperidine rings is 2. The van der Waals surface area contributed by atoms with Crippen LogP contribution in [0.1, 0.15) is 44.9 Å². The molecular weight excluding hydrogens is 314 g/mol. The monoisotopic (exact) mass is 351 g/mol. The Morgan fingerprint density at radius 2 is 1.40 bits per heavy atom. The Hall–Kier alpha value is -0.650. The topological polar surface area (TPSA) is 36.0 Å². The maximum atomic E-state index is 11.9. The maximum absolute atomic E-state index is 11.9. The van der Waals surface area contributed by atoms with Gasteiger partial charge in [-0.05, 0) is 96.7 Å². The van der Waals surface area contributed by atoms with Crippen LogP contribution in [0, 0.1) is 11.8 Å². The molecule has 3 fully saturated rings. The summed E-state index contributed by atoms with van der Waals surface area (Å²) in [5, 5.41) is 0. The van der Waals surface area contributed by atoms with E-state index < -0.39 is 0 Å². The fourth-order valence-corrected chi connectivity index (χ4v) is 4.76. The molecule has 0 spiro atoms. The SMILES string of the molecule is CN1CCC(C2CCN(CCC(=O)OCCN3CCCC3)CC2)CC1. The highest BCUT2D eigenvalue weighted by Crippen LogP contribution is 2.32. The summed E-state index contributed by atoms with van der Waals surface area (Å²) in [6, 6.07) is 0. The Labute approximate surface area is 153 Å². The molecule has 0 saturated carbocycles. The Bertz CT molecular complexity index is 396. The molecule has 0 amide bonds. The minimum Gasteiger partial charge on any atom is -0.464 e. The summed E-state index contributed by atoms with van der Waals surface area (Å²) in [4.78, 5) is 19.2. The third kappa shape index (κ3) is 6.22. The van der Waals surface area contributed by atoms with Crippen LogP contribution in [0.4, 0.5) is 0 Å². The molecule has 0 bridgehead atoms. The Kier molecular flexibility index (Phi) is 7.56. The number of hydrogen-bond acceptors (Lipinski definition) is 5. The summed E-state index contributed by atoms with van der Waals surface area (Å²) < 4.78 is 5.41. The molecule has 3 heterocycles. The Morgan fingerprint density at radius 1 is 0.840 bits per heavy atom. The molecule has 0 aliphatic carbocycles. The Balaban J connectivity index is 1.24. The lowest BCUT2D eigenvalue weighted by atomic mass is 9.79. The largest absolute Gasteiger partial charge is 0.464 e. The van der Waals surface area contributed by atoms with Crippen LogP contribution < -0.4 is 0 Å². The number of nitrogens with zero attached hydrogens (tertiary/aromatic N) is 3. The first-order valence-corrected chi connectivity index (χ1v) is 10.5. The zero-order valence-corrected chi connectivity index (χ0v) is 16.1. The minimum atomic E-state index is -0.0170. The van der Waals surface area contributed by atoms with Crippen LogP contribution in [-0.4, -0.2) is 86.7 Å². The summed E-state index contributed by atoms with van der Waals surface area (Å²) in [6.07, 6.45) is 8.54. The van der Waals surface area contributed by atoms with E-state index in [-0.39, 0.29) is 5.97 Å². The second-order valence-electron chi connectivity index (χ2n) is 8.34. The predicted molar refractivity (Wildman–Crippen MR) is 101 cm³/mol. The third-order valence-electron chi connectivity index (χ3n) is 6.56. The van der Waals surface area contributed by atoms with Crippen molar-refractivity contribution >= 4 is 5.97 Å². The predicted octanol–water partition coefficient (Wildman–Crippen LogP) is 2.07. The number of ether oxygens (including phenoxy) is 1. The van der Waals surface area contributed by atoms with Crippen LogP contribution in [0.25, 0.3) is 0 Å². The van der Waals surface area contributed by atoms with E-state index in [1.54, 1.807) is 0 Å². The number of hydrogen-bond donors (Lipinski definition) is 0. The van der Waals surface area contributed by atoms with Gasteiger partial charge in [0.05, 0.1) is 6.42 Å². The van der Waals surface area contributed by atoms with Crippen molar-refractivity contribution in [2.75, 3.05) is 66.0 Å². The number of esters is 1. The van der Waals surface area contributed by atoms with Gasteiger partial charge in [0, 0.05) is 13.1 Å². The first-order valence-electron chi connectivity index (χ1n) is 10.5. The van der Waals surface area contributed by atoms with Gasteiger partial charge < -0.3 is 14.5 Å². The first-order chi connectivity index (χ1) is 12.2. The summed E-state index contributed by atoms with van der Waals surface area (Å²) >= 11 is 0. The van der Waals surface area contributed by atoms with Gasteiger partial charge in [0.2, 0.25) is 0 Å². The smallest absolute Gasteiger partial charge is 0.307 e. The van der Waals surface area contributed by atoms with Crippen molar-refractivity contribution in [2.24, 2.45) is 11.8 Å². The van der Waals surface area contributed by atoms with Gasteiger partial charge in [0.15, 0.2) is 0 Å². The van der Waals surface area contributed by atoms with E-state index >= 15 is 0 Å². The summed E-state index contributed by atoms with van der Waals surface area (Å²) in [7, 11) is 2.24. The molecule has 3 aliphatic heterocycles. The molecule has 144 valence electrons. The van der Waals surface area contributed by atoms with E-state index in [2.05, 4.69) is 21.7 Å². The average Bonchev–Trinajstić information content (AvgIpc) is 3.15. The molecule has 3 rings (SSSR count). The van der Waals surface area contributed by atoms with Crippen molar-refractivity contribution in [2.45, 2.75) is 44.9 Å². The fraction of sp³-hybridized carbons (Fsp3) is 0.950. The lowest BCUT2D eigenvalue weighted by Gasteiger charge is -2.39. The summed E-state index contributed by atoms with van der Waals surface area (Å²) in [5.41, 5.74) is 0. The molecule has 0 aromatic rings. The first kappa shape index (κ1) is 19.1. The van der Waals surface area contributed by atoms with E-state index in [4.69, 9.17) is 4.74 Å². The zero-order chi connectivity index (χ0) is 17.5. The molecule has 3 saturated heterocycles. The number of rotatable bonds is 7. The molecule has 3 aliphatic rings. The van der Waals surface area contributed by atoms with Gasteiger partial charge in [-0.2, -0.15) is 0 Å². The van der Waals surface area contributed by atoms with Crippen LogP contribution in [0.5, 0.6) is 0 Å². The molecule has 5 heteroatoms. The molecule has 0 atom stereocenters. The molecule has 0 aromatic heterocycles. The van der Waals surface area contributed by atoms with E-state index in [0.29, 0.717) is 13.0 Å². The van der Waals surface area contributed by atoms with Crippen LogP contribution in [0.15, 0.2) is 0 Å². The van der Waals surface area contributed by atoms with Gasteiger partial charge in [0.1, 0.15) is 6.61 Å². The molecular formula is C20H37N3O2. The second-order valence-corrected chi connectivity index (χ2v) is 8.34. The normalized spacial score (nSPS) is 25.5. The summed E-state index contributed by atoms with van der Waals surface area (Å²) in [5.74, 6) is 1.84. The van der Waals surface area contributed by atoms with Crippen molar-refractivity contribution in [3.05, 3.63) is 0 Å². The van der Waals surface area contributed by atoms with E-state index in [1.165, 1.54) is 64.7 Å². The van der Waals surface area contributed by atoms with Crippen LogP contribution >= 0.6 is 0 Å². The quantitative estimate of drug-likeness (QED) is 0.656. The van der Waals surface area contributed by atoms with Gasteiger partial charge in [0.25, 0.3) is 0 Å². The van der Waals surface area contributed by atoms with Gasteiger partial charge in [-0.1, -0.05) is 0 Å². The standard InChI is InChI=1S/C20H37N3O2/c1-21-11-4-18(5-12-21)19-6-13-23(14-7-19)15-8-20(24)25-17-16-22-9-2-3-10-22/h18-19H,2-17H2,1H3. The molecule has 0 radical (unpaired) electrons. The minimum absolute atomic E-state index is 0.0170. The number of carbonyl (C=O) groups is 1. The van der Waals surface area contributed by atoms with Crippen molar-refractivity contribution in [1.82, 2.24) is 14.7 Å². The van der Waals surface area contributed by atoms with Crippen molar-refractivity contribution in [3.63, 3.8) is 0 Å². The highest BCUT2D eigenvalue weighted by Gasteiger charge is 2.28. The average molecular weight is 352 g/mol. The van der Waals surface area contributed by atoms with Gasteiger partial charge in [-0.3, -0.25) is 9.69 Å². The van der Waals surface area contributed by atoms with E-state index in [1.807, 2.05) is 0 Å². The molecule has 0 aromatic carbocycles. The molecule has 5 nitrogen and oxygen atoms in total. The molecule has 0 N–H and O–H groups in total. The van der Waals surface area contributed by atoms with Gasteiger partial charge >= 0.3 is 5.97 Å². The van der Waals surface area contributed by atoms with Crippen LogP contribution in [0.3, 0.4) is 0 Å². The maximum Gasteiger partial charge on any atom is 0.307 e. The highest BCUT2D eigenvalue weighted by atomic mass is 16.5. The van der Waals surface area contributed by atoms with Gasteiger partial charge in [-0.25, -0.2) is 0 Å². The third-order valence-corrected chi connectivity index (χ3v) is 6.56. The van der Waals surface area contributed by atoms with Crippen molar-refractivity contribution < 1.29 is 9.53 Å². The second kappa shape index (κ2) is 9.89. The van der Waals surface area contributed by atoms with Crippen LogP contribution in [-0.2, 0) is 9.53 Å². The molecule has 0 unspecified atom stereocenters. The molecule has 25 heavy (non-hydrogen) atoms. The van der Waals surface area contributed by atoms with Crippen molar-refractivity contribution in [1.29, 1.82) is 0 Å². The lowest BCUT2D eigenvalue weighted by Crippen LogP contribution is -2.40. The fourth-order valence-electron chi connectivity index (χ4n) is 4.76. The Morgan fingerprint density at radius 3 is 2.04 bits per heavy atom. The van der Waals surface area contributed by atoms with E-state index in [0.717, 1.165) is 38.0 Å². The number of carbonyl (C=O) groups excluding carboxylic acids is 1. The van der Waals surface area contributed by atoms with Gasteiger partial charge in [-0.15, -0.1) is 0 Å². The van der Waals surface area contributed by atoms with E-state index in [9.17, 15) is 4.79 Å². The number of likely N-dealkylation sites (tertiary alicyclic amines) is 3. The zero-order valence-electron chi connectivity index (χ0n) is 16.1. The lowest BCUT2D eigenvalue weighted by molar-refractivity contribution is -0.144.